The van der Waals surface area contributed by atoms with Gasteiger partial charge in [-0.1, -0.05) is 12.1 Å². The van der Waals surface area contributed by atoms with Gasteiger partial charge in [0.25, 0.3) is 0 Å². The summed E-state index contributed by atoms with van der Waals surface area (Å²) in [6.07, 6.45) is 4.77. The smallest absolute Gasteiger partial charge is 0.330 e. The minimum atomic E-state index is -0.385. The molecule has 6 heteroatoms. The number of nitrogens with zero attached hydrogens (tertiary/aromatic N) is 3. The van der Waals surface area contributed by atoms with Crippen LogP contribution in [0.5, 0.6) is 5.75 Å². The highest BCUT2D eigenvalue weighted by Gasteiger charge is 2.10. The van der Waals surface area contributed by atoms with Gasteiger partial charge < -0.3 is 9.47 Å². The first-order valence-corrected chi connectivity index (χ1v) is 8.00. The van der Waals surface area contributed by atoms with E-state index in [0.717, 1.165) is 22.3 Å². The highest BCUT2D eigenvalue weighted by Crippen LogP contribution is 2.19. The molecule has 0 bridgehead atoms. The van der Waals surface area contributed by atoms with E-state index < -0.39 is 0 Å². The maximum atomic E-state index is 11.5. The van der Waals surface area contributed by atoms with Crippen molar-refractivity contribution >= 4 is 23.1 Å². The van der Waals surface area contributed by atoms with Crippen molar-refractivity contribution in [1.82, 2.24) is 14.8 Å². The van der Waals surface area contributed by atoms with Gasteiger partial charge >= 0.3 is 5.97 Å². The minimum Gasteiger partial charge on any atom is -0.497 e. The highest BCUT2D eigenvalue weighted by molar-refractivity contribution is 5.91. The number of methoxy groups -OCH3 is 1. The summed E-state index contributed by atoms with van der Waals surface area (Å²) in [5, 5.41) is 5.47. The van der Waals surface area contributed by atoms with Crippen LogP contribution >= 0.6 is 0 Å². The van der Waals surface area contributed by atoms with Gasteiger partial charge in [-0.2, -0.15) is 5.10 Å². The van der Waals surface area contributed by atoms with Crippen LogP contribution in [0.2, 0.25) is 0 Å². The van der Waals surface area contributed by atoms with Crippen molar-refractivity contribution in [2.45, 2.75) is 13.5 Å². The Labute approximate surface area is 145 Å². The van der Waals surface area contributed by atoms with Crippen molar-refractivity contribution in [1.29, 1.82) is 0 Å². The molecule has 0 aliphatic carbocycles. The van der Waals surface area contributed by atoms with E-state index in [1.807, 2.05) is 41.1 Å². The Balaban J connectivity index is 1.91. The third-order valence-electron chi connectivity index (χ3n) is 3.69. The van der Waals surface area contributed by atoms with Gasteiger partial charge in [-0.15, -0.1) is 0 Å². The molecular formula is C19H19N3O3. The fraction of sp³-hybridized carbons (Fsp3) is 0.211. The van der Waals surface area contributed by atoms with E-state index in [-0.39, 0.29) is 5.97 Å². The topological polar surface area (TPSA) is 66.2 Å². The maximum Gasteiger partial charge on any atom is 0.330 e. The van der Waals surface area contributed by atoms with E-state index in [1.54, 1.807) is 26.3 Å². The van der Waals surface area contributed by atoms with Crippen LogP contribution in [-0.4, -0.2) is 34.5 Å². The van der Waals surface area contributed by atoms with Crippen LogP contribution in [0.15, 0.2) is 48.7 Å². The van der Waals surface area contributed by atoms with Crippen LogP contribution in [0.1, 0.15) is 18.2 Å². The van der Waals surface area contributed by atoms with Crippen molar-refractivity contribution in [3.8, 4) is 5.75 Å². The van der Waals surface area contributed by atoms with E-state index in [1.165, 1.54) is 6.08 Å². The molecule has 1 aromatic carbocycles. The summed E-state index contributed by atoms with van der Waals surface area (Å²) < 4.78 is 11.9. The average Bonchev–Trinajstić information content (AvgIpc) is 2.99. The molecule has 0 aliphatic heterocycles. The van der Waals surface area contributed by atoms with Gasteiger partial charge in [0.15, 0.2) is 5.65 Å². The molecule has 0 fully saturated rings. The molecule has 128 valence electrons. The third kappa shape index (κ3) is 3.85. The molecule has 3 rings (SSSR count). The standard InChI is InChI=1S/C19H19N3O3/c1-3-25-18(23)11-10-17-16-5-4-12-20-19(16)22(21-17)13-14-6-8-15(24-2)9-7-14/h4-12H,3,13H2,1-2H3/b11-10+. The van der Waals surface area contributed by atoms with E-state index in [4.69, 9.17) is 9.47 Å². The lowest BCUT2D eigenvalue weighted by Crippen LogP contribution is -2.03. The molecule has 0 atom stereocenters. The molecule has 6 nitrogen and oxygen atoms in total. The summed E-state index contributed by atoms with van der Waals surface area (Å²) in [5.41, 5.74) is 2.53. The largest absolute Gasteiger partial charge is 0.497 e. The SMILES string of the molecule is CCOC(=O)/C=C/c1nn(Cc2ccc(OC)cc2)c2ncccc12. The average molecular weight is 337 g/mol. The number of fused-ring (bicyclic) bond motifs is 1. The van der Waals surface area contributed by atoms with Crippen molar-refractivity contribution in [3.63, 3.8) is 0 Å². The highest BCUT2D eigenvalue weighted by atomic mass is 16.5. The number of pyridine rings is 1. The summed E-state index contributed by atoms with van der Waals surface area (Å²) >= 11 is 0. The first-order valence-electron chi connectivity index (χ1n) is 8.00. The zero-order valence-corrected chi connectivity index (χ0v) is 14.2. The lowest BCUT2D eigenvalue weighted by Gasteiger charge is -2.04. The second-order valence-electron chi connectivity index (χ2n) is 5.35. The molecule has 3 aromatic rings. The predicted molar refractivity (Wildman–Crippen MR) is 95.3 cm³/mol. The first-order chi connectivity index (χ1) is 12.2. The Morgan fingerprint density at radius 2 is 2.04 bits per heavy atom. The van der Waals surface area contributed by atoms with Gasteiger partial charge in [0, 0.05) is 17.7 Å². The van der Waals surface area contributed by atoms with Crippen LogP contribution in [0.3, 0.4) is 0 Å². The van der Waals surface area contributed by atoms with Crippen LogP contribution < -0.4 is 4.74 Å². The van der Waals surface area contributed by atoms with Gasteiger partial charge in [-0.3, -0.25) is 0 Å². The number of esters is 1. The number of hydrogen-bond acceptors (Lipinski definition) is 5. The number of ether oxygens (including phenoxy) is 2. The van der Waals surface area contributed by atoms with Crippen molar-refractivity contribution in [3.05, 3.63) is 59.9 Å². The predicted octanol–water partition coefficient (Wildman–Crippen LogP) is 3.06. The lowest BCUT2D eigenvalue weighted by atomic mass is 10.2. The number of carbonyl (C=O) groups excluding carboxylic acids is 1. The van der Waals surface area contributed by atoms with Gasteiger partial charge in [-0.25, -0.2) is 14.5 Å². The number of carbonyl (C=O) groups is 1. The fourth-order valence-electron chi connectivity index (χ4n) is 2.51. The van der Waals surface area contributed by atoms with Crippen molar-refractivity contribution < 1.29 is 14.3 Å². The second-order valence-corrected chi connectivity index (χ2v) is 5.35. The van der Waals surface area contributed by atoms with Crippen molar-refractivity contribution in [2.75, 3.05) is 13.7 Å². The van der Waals surface area contributed by atoms with Crippen molar-refractivity contribution in [2.24, 2.45) is 0 Å². The van der Waals surface area contributed by atoms with E-state index in [2.05, 4.69) is 10.1 Å². The lowest BCUT2D eigenvalue weighted by molar-refractivity contribution is -0.137. The Kier molecular flexibility index (Phi) is 5.09. The van der Waals surface area contributed by atoms with Gasteiger partial charge in [0.1, 0.15) is 5.75 Å². The van der Waals surface area contributed by atoms with Crippen LogP contribution in [0, 0.1) is 0 Å². The van der Waals surface area contributed by atoms with Gasteiger partial charge in [0.2, 0.25) is 0 Å². The summed E-state index contributed by atoms with van der Waals surface area (Å²) in [7, 11) is 1.64. The molecule has 0 spiro atoms. The Morgan fingerprint density at radius 3 is 2.76 bits per heavy atom. The first kappa shape index (κ1) is 16.7. The number of aromatic nitrogens is 3. The molecular weight excluding hydrogens is 318 g/mol. The van der Waals surface area contributed by atoms with E-state index in [9.17, 15) is 4.79 Å². The fourth-order valence-corrected chi connectivity index (χ4v) is 2.51. The molecule has 0 saturated heterocycles. The van der Waals surface area contributed by atoms with E-state index >= 15 is 0 Å². The normalized spacial score (nSPS) is 11.1. The molecule has 0 saturated carbocycles. The zero-order chi connectivity index (χ0) is 17.6. The van der Waals surface area contributed by atoms with Crippen LogP contribution in [-0.2, 0) is 16.1 Å². The third-order valence-corrected chi connectivity index (χ3v) is 3.69. The minimum absolute atomic E-state index is 0.345. The summed E-state index contributed by atoms with van der Waals surface area (Å²) in [5.74, 6) is 0.425. The molecule has 0 unspecified atom stereocenters. The molecule has 2 heterocycles. The maximum absolute atomic E-state index is 11.5. The van der Waals surface area contributed by atoms with Crippen LogP contribution in [0.25, 0.3) is 17.1 Å². The monoisotopic (exact) mass is 337 g/mol. The van der Waals surface area contributed by atoms with Crippen LogP contribution in [0.4, 0.5) is 0 Å². The molecule has 0 N–H and O–H groups in total. The molecule has 25 heavy (non-hydrogen) atoms. The summed E-state index contributed by atoms with van der Waals surface area (Å²) in [6.45, 7) is 2.69. The summed E-state index contributed by atoms with van der Waals surface area (Å²) in [4.78, 5) is 16.0. The zero-order valence-electron chi connectivity index (χ0n) is 14.2. The summed E-state index contributed by atoms with van der Waals surface area (Å²) in [6, 6.07) is 11.6. The number of rotatable bonds is 6. The Hall–Kier alpha value is -3.15. The Bertz CT molecular complexity index is 898. The Morgan fingerprint density at radius 1 is 1.24 bits per heavy atom. The number of hydrogen-bond donors (Lipinski definition) is 0. The quantitative estimate of drug-likeness (QED) is 0.511. The number of benzene rings is 1. The molecule has 0 amide bonds. The molecule has 0 radical (unpaired) electrons. The van der Waals surface area contributed by atoms with Gasteiger partial charge in [0.05, 0.1) is 26.0 Å². The van der Waals surface area contributed by atoms with Gasteiger partial charge in [-0.05, 0) is 42.8 Å². The molecule has 2 aromatic heterocycles. The molecule has 0 aliphatic rings. The second kappa shape index (κ2) is 7.61. The van der Waals surface area contributed by atoms with E-state index in [0.29, 0.717) is 18.8 Å².